The van der Waals surface area contributed by atoms with E-state index >= 15 is 0 Å². The lowest BCUT2D eigenvalue weighted by atomic mass is 10.1. The average Bonchev–Trinajstić information content (AvgIpc) is 2.53. The second kappa shape index (κ2) is 6.91. The highest BCUT2D eigenvalue weighted by atomic mass is 79.9. The maximum Gasteiger partial charge on any atom is 0.153 e. The lowest BCUT2D eigenvalue weighted by molar-refractivity contribution is 0.111. The van der Waals surface area contributed by atoms with Gasteiger partial charge in [0.15, 0.2) is 6.29 Å². The number of nitrogens with zero attached hydrogens (tertiary/aromatic N) is 1. The summed E-state index contributed by atoms with van der Waals surface area (Å²) in [5, 5.41) is 9.06. The third-order valence-electron chi connectivity index (χ3n) is 2.89. The number of ether oxygens (including phenoxy) is 2. The molecule has 0 saturated carbocycles. The Morgan fingerprint density at radius 2 is 2.14 bits per heavy atom. The molecule has 0 aliphatic rings. The molecule has 0 amide bonds. The smallest absolute Gasteiger partial charge is 0.153 e. The zero-order chi connectivity index (χ0) is 15.2. The molecule has 0 aliphatic heterocycles. The summed E-state index contributed by atoms with van der Waals surface area (Å²) in [6.45, 7) is 0.252. The van der Waals surface area contributed by atoms with Gasteiger partial charge in [0.2, 0.25) is 0 Å². The number of hydrogen-bond donors (Lipinski definition) is 0. The maximum atomic E-state index is 11.0. The van der Waals surface area contributed by atoms with Crippen LogP contribution < -0.4 is 9.47 Å². The van der Waals surface area contributed by atoms with Crippen LogP contribution in [0.25, 0.3) is 0 Å². The van der Waals surface area contributed by atoms with E-state index in [1.54, 1.807) is 30.3 Å². The van der Waals surface area contributed by atoms with Gasteiger partial charge in [0.1, 0.15) is 24.2 Å². The first kappa shape index (κ1) is 15.1. The molecule has 2 rings (SSSR count). The molecule has 0 fully saturated rings. The summed E-state index contributed by atoms with van der Waals surface area (Å²) in [4.78, 5) is 11.0. The monoisotopic (exact) mass is 345 g/mol. The number of halogens is 1. The fourth-order valence-corrected chi connectivity index (χ4v) is 2.35. The lowest BCUT2D eigenvalue weighted by Gasteiger charge is -2.11. The predicted octanol–water partition coefficient (Wildman–Crippen LogP) is 3.72. The topological polar surface area (TPSA) is 59.3 Å². The highest BCUT2D eigenvalue weighted by Crippen LogP contribution is 2.29. The van der Waals surface area contributed by atoms with Gasteiger partial charge < -0.3 is 9.47 Å². The van der Waals surface area contributed by atoms with Gasteiger partial charge in [-0.15, -0.1) is 0 Å². The minimum atomic E-state index is 0.252. The molecule has 0 N–H and O–H groups in total. The summed E-state index contributed by atoms with van der Waals surface area (Å²) < 4.78 is 11.5. The number of carbonyl (C=O) groups is 1. The van der Waals surface area contributed by atoms with Crippen molar-refractivity contribution >= 4 is 22.2 Å². The van der Waals surface area contributed by atoms with Crippen LogP contribution >= 0.6 is 15.9 Å². The van der Waals surface area contributed by atoms with Crippen molar-refractivity contribution in [2.45, 2.75) is 6.61 Å². The van der Waals surface area contributed by atoms with Crippen molar-refractivity contribution < 1.29 is 14.3 Å². The SMILES string of the molecule is COc1ccc(COc2c(Br)cccc2C=O)cc1C#N. The first-order valence-corrected chi connectivity index (χ1v) is 6.92. The largest absolute Gasteiger partial charge is 0.495 e. The third-order valence-corrected chi connectivity index (χ3v) is 3.52. The van der Waals surface area contributed by atoms with Gasteiger partial charge >= 0.3 is 0 Å². The molecule has 0 aliphatic carbocycles. The van der Waals surface area contributed by atoms with E-state index < -0.39 is 0 Å². The van der Waals surface area contributed by atoms with Gasteiger partial charge in [-0.25, -0.2) is 0 Å². The highest BCUT2D eigenvalue weighted by Gasteiger charge is 2.09. The first-order valence-electron chi connectivity index (χ1n) is 6.13. The van der Waals surface area contributed by atoms with Gasteiger partial charge in [0.25, 0.3) is 0 Å². The molecule has 0 atom stereocenters. The zero-order valence-corrected chi connectivity index (χ0v) is 12.9. The van der Waals surface area contributed by atoms with Crippen LogP contribution in [-0.2, 0) is 6.61 Å². The van der Waals surface area contributed by atoms with Crippen molar-refractivity contribution in [2.75, 3.05) is 7.11 Å². The van der Waals surface area contributed by atoms with Crippen molar-refractivity contribution in [1.82, 2.24) is 0 Å². The number of hydrogen-bond acceptors (Lipinski definition) is 4. The minimum Gasteiger partial charge on any atom is -0.495 e. The van der Waals surface area contributed by atoms with Gasteiger partial charge in [-0.05, 0) is 45.8 Å². The van der Waals surface area contributed by atoms with Gasteiger partial charge in [-0.3, -0.25) is 4.79 Å². The predicted molar refractivity (Wildman–Crippen MR) is 81.6 cm³/mol. The summed E-state index contributed by atoms with van der Waals surface area (Å²) >= 11 is 3.36. The van der Waals surface area contributed by atoms with Gasteiger partial charge in [-0.1, -0.05) is 12.1 Å². The van der Waals surface area contributed by atoms with Crippen molar-refractivity contribution in [1.29, 1.82) is 5.26 Å². The molecule has 4 nitrogen and oxygen atoms in total. The standard InChI is InChI=1S/C16H12BrNO3/c1-20-15-6-5-11(7-13(15)8-18)10-21-16-12(9-19)3-2-4-14(16)17/h2-7,9H,10H2,1H3. The summed E-state index contributed by atoms with van der Waals surface area (Å²) in [6, 6.07) is 12.6. The van der Waals surface area contributed by atoms with Crippen LogP contribution in [0.3, 0.4) is 0 Å². The average molecular weight is 346 g/mol. The van der Waals surface area contributed by atoms with Crippen LogP contribution in [0.1, 0.15) is 21.5 Å². The zero-order valence-electron chi connectivity index (χ0n) is 11.3. The number of carbonyl (C=O) groups excluding carboxylic acids is 1. The van der Waals surface area contributed by atoms with E-state index in [-0.39, 0.29) is 6.61 Å². The molecule has 0 bridgehead atoms. The van der Waals surface area contributed by atoms with E-state index in [1.807, 2.05) is 6.07 Å². The van der Waals surface area contributed by atoms with Crippen LogP contribution in [-0.4, -0.2) is 13.4 Å². The molecule has 0 unspecified atom stereocenters. The molecule has 5 heteroatoms. The van der Waals surface area contributed by atoms with Crippen LogP contribution in [0.15, 0.2) is 40.9 Å². The number of aldehydes is 1. The van der Waals surface area contributed by atoms with Crippen LogP contribution in [0.4, 0.5) is 0 Å². The van der Waals surface area contributed by atoms with E-state index in [0.29, 0.717) is 27.1 Å². The minimum absolute atomic E-state index is 0.252. The molecule has 2 aromatic rings. The Morgan fingerprint density at radius 1 is 1.33 bits per heavy atom. The molecule has 0 aromatic heterocycles. The van der Waals surface area contributed by atoms with E-state index in [0.717, 1.165) is 11.8 Å². The molecule has 0 heterocycles. The lowest BCUT2D eigenvalue weighted by Crippen LogP contribution is -2.00. The van der Waals surface area contributed by atoms with E-state index in [9.17, 15) is 4.79 Å². The van der Waals surface area contributed by atoms with E-state index in [4.69, 9.17) is 14.7 Å². The van der Waals surface area contributed by atoms with Crippen LogP contribution in [0.2, 0.25) is 0 Å². The number of nitriles is 1. The van der Waals surface area contributed by atoms with Gasteiger partial charge in [0.05, 0.1) is 22.7 Å². The molecule has 0 saturated heterocycles. The Labute approximate surface area is 131 Å². The van der Waals surface area contributed by atoms with Crippen molar-refractivity contribution in [2.24, 2.45) is 0 Å². The molecular weight excluding hydrogens is 334 g/mol. The number of benzene rings is 2. The molecule has 21 heavy (non-hydrogen) atoms. The number of methoxy groups -OCH3 is 1. The molecule has 0 spiro atoms. The summed E-state index contributed by atoms with van der Waals surface area (Å²) in [5.41, 5.74) is 1.74. The summed E-state index contributed by atoms with van der Waals surface area (Å²) in [5.74, 6) is 1.01. The highest BCUT2D eigenvalue weighted by molar-refractivity contribution is 9.10. The van der Waals surface area contributed by atoms with Crippen LogP contribution in [0.5, 0.6) is 11.5 Å². The molecule has 0 radical (unpaired) electrons. The van der Waals surface area contributed by atoms with E-state index in [1.165, 1.54) is 7.11 Å². The third kappa shape index (κ3) is 3.41. The second-order valence-corrected chi connectivity index (χ2v) is 5.07. The van der Waals surface area contributed by atoms with Gasteiger partial charge in [-0.2, -0.15) is 5.26 Å². The number of rotatable bonds is 5. The fourth-order valence-electron chi connectivity index (χ4n) is 1.86. The first-order chi connectivity index (χ1) is 10.2. The number of para-hydroxylation sites is 1. The Kier molecular flexibility index (Phi) is 4.96. The van der Waals surface area contributed by atoms with Crippen molar-refractivity contribution in [3.8, 4) is 17.6 Å². The Morgan fingerprint density at radius 3 is 2.81 bits per heavy atom. The molecule has 2 aromatic carbocycles. The Hall–Kier alpha value is -2.32. The maximum absolute atomic E-state index is 11.0. The van der Waals surface area contributed by atoms with Crippen molar-refractivity contribution in [3.05, 3.63) is 57.6 Å². The molecule has 106 valence electrons. The van der Waals surface area contributed by atoms with Crippen molar-refractivity contribution in [3.63, 3.8) is 0 Å². The normalized spacial score (nSPS) is 9.76. The summed E-state index contributed by atoms with van der Waals surface area (Å²) in [6.07, 6.45) is 0.745. The van der Waals surface area contributed by atoms with E-state index in [2.05, 4.69) is 22.0 Å². The Balaban J connectivity index is 2.21. The van der Waals surface area contributed by atoms with Crippen LogP contribution in [0, 0.1) is 11.3 Å². The second-order valence-electron chi connectivity index (χ2n) is 4.21. The molecular formula is C16H12BrNO3. The summed E-state index contributed by atoms with van der Waals surface area (Å²) in [7, 11) is 1.52. The quantitative estimate of drug-likeness (QED) is 0.775. The fraction of sp³-hybridized carbons (Fsp3) is 0.125. The van der Waals surface area contributed by atoms with Gasteiger partial charge in [0, 0.05) is 0 Å². The Bertz CT molecular complexity index is 707.